The predicted molar refractivity (Wildman–Crippen MR) is 63.4 cm³/mol. The molecule has 1 rings (SSSR count). The highest BCUT2D eigenvalue weighted by Gasteiger charge is 2.15. The van der Waals surface area contributed by atoms with Crippen molar-refractivity contribution in [1.29, 1.82) is 0 Å². The number of likely N-dealkylation sites (N-methyl/N-ethyl adjacent to an activating group) is 1. The molecule has 0 radical (unpaired) electrons. The lowest BCUT2D eigenvalue weighted by Crippen LogP contribution is -2.23. The fourth-order valence-corrected chi connectivity index (χ4v) is 1.63. The third kappa shape index (κ3) is 2.52. The van der Waals surface area contributed by atoms with E-state index in [1.54, 1.807) is 6.07 Å². The molecule has 0 atom stereocenters. The second-order valence-electron chi connectivity index (χ2n) is 3.56. The van der Waals surface area contributed by atoms with Gasteiger partial charge in [0.15, 0.2) is 5.78 Å². The number of methoxy groups -OCH3 is 1. The van der Waals surface area contributed by atoms with Crippen LogP contribution in [-0.4, -0.2) is 38.2 Å². The van der Waals surface area contributed by atoms with Crippen molar-refractivity contribution >= 4 is 11.5 Å². The van der Waals surface area contributed by atoms with E-state index < -0.39 is 0 Å². The van der Waals surface area contributed by atoms with Gasteiger partial charge in [0.2, 0.25) is 0 Å². The molecule has 0 aromatic heterocycles. The van der Waals surface area contributed by atoms with E-state index in [-0.39, 0.29) is 12.4 Å². The van der Waals surface area contributed by atoms with Crippen molar-refractivity contribution in [3.8, 4) is 5.75 Å². The number of aliphatic hydroxyl groups is 1. The molecule has 0 fully saturated rings. The minimum Gasteiger partial charge on any atom is -0.496 e. The Bertz CT molecular complexity index is 377. The molecule has 0 aliphatic rings. The maximum atomic E-state index is 11.6. The van der Waals surface area contributed by atoms with E-state index in [9.17, 15) is 4.79 Å². The van der Waals surface area contributed by atoms with E-state index in [2.05, 4.69) is 0 Å². The zero-order chi connectivity index (χ0) is 12.1. The summed E-state index contributed by atoms with van der Waals surface area (Å²) in [6.07, 6.45) is 0. The van der Waals surface area contributed by atoms with Crippen molar-refractivity contribution in [1.82, 2.24) is 0 Å². The lowest BCUT2D eigenvalue weighted by Gasteiger charge is -2.21. The smallest absolute Gasteiger partial charge is 0.165 e. The number of benzene rings is 1. The minimum absolute atomic E-state index is 0.0442. The first-order chi connectivity index (χ1) is 7.61. The number of hydrogen-bond donors (Lipinski definition) is 1. The summed E-state index contributed by atoms with van der Waals surface area (Å²) >= 11 is 0. The number of ketones is 1. The number of rotatable bonds is 5. The number of aliphatic hydroxyl groups excluding tert-OH is 1. The van der Waals surface area contributed by atoms with Gasteiger partial charge in [-0.15, -0.1) is 0 Å². The molecular formula is C12H17NO3. The van der Waals surface area contributed by atoms with Gasteiger partial charge in [0, 0.05) is 13.6 Å². The molecule has 16 heavy (non-hydrogen) atoms. The average Bonchev–Trinajstić information content (AvgIpc) is 2.28. The van der Waals surface area contributed by atoms with Crippen molar-refractivity contribution in [3.63, 3.8) is 0 Å². The molecule has 1 aromatic carbocycles. The summed E-state index contributed by atoms with van der Waals surface area (Å²) in [7, 11) is 3.37. The summed E-state index contributed by atoms with van der Waals surface area (Å²) in [5, 5.41) is 8.90. The van der Waals surface area contributed by atoms with Crippen molar-refractivity contribution in [2.24, 2.45) is 0 Å². The zero-order valence-corrected chi connectivity index (χ0v) is 9.86. The van der Waals surface area contributed by atoms with Crippen LogP contribution in [0, 0.1) is 0 Å². The Balaban J connectivity index is 3.21. The summed E-state index contributed by atoms with van der Waals surface area (Å²) in [6, 6.07) is 5.43. The predicted octanol–water partition coefficient (Wildman–Crippen LogP) is 1.33. The largest absolute Gasteiger partial charge is 0.496 e. The summed E-state index contributed by atoms with van der Waals surface area (Å²) in [5.74, 6) is 0.520. The third-order valence-corrected chi connectivity index (χ3v) is 2.42. The first-order valence-corrected chi connectivity index (χ1v) is 5.11. The summed E-state index contributed by atoms with van der Waals surface area (Å²) in [4.78, 5) is 13.4. The highest BCUT2D eigenvalue weighted by atomic mass is 16.5. The molecule has 0 saturated carbocycles. The zero-order valence-electron chi connectivity index (χ0n) is 9.86. The van der Waals surface area contributed by atoms with Crippen LogP contribution in [0.1, 0.15) is 17.3 Å². The summed E-state index contributed by atoms with van der Waals surface area (Å²) in [6.45, 7) is 2.03. The molecule has 0 bridgehead atoms. The number of carbonyl (C=O) groups excluding carboxylic acids is 1. The van der Waals surface area contributed by atoms with Crippen LogP contribution < -0.4 is 9.64 Å². The normalized spacial score (nSPS) is 10.0. The van der Waals surface area contributed by atoms with Crippen LogP contribution in [0.2, 0.25) is 0 Å². The lowest BCUT2D eigenvalue weighted by atomic mass is 10.1. The van der Waals surface area contributed by atoms with Crippen LogP contribution in [0.3, 0.4) is 0 Å². The van der Waals surface area contributed by atoms with Gasteiger partial charge in [-0.3, -0.25) is 4.79 Å². The van der Waals surface area contributed by atoms with Crippen molar-refractivity contribution in [2.75, 3.05) is 32.2 Å². The number of ether oxygens (including phenoxy) is 1. The Kier molecular flexibility index (Phi) is 4.31. The maximum Gasteiger partial charge on any atom is 0.165 e. The SMILES string of the molecule is COc1cccc(N(C)CCO)c1C(C)=O. The number of Topliss-reactive ketones (excluding diaryl/α,β-unsaturated/α-hetero) is 1. The Labute approximate surface area is 95.5 Å². The van der Waals surface area contributed by atoms with Crippen LogP contribution in [0.25, 0.3) is 0 Å². The van der Waals surface area contributed by atoms with E-state index in [4.69, 9.17) is 9.84 Å². The molecule has 0 aliphatic carbocycles. The van der Waals surface area contributed by atoms with Gasteiger partial charge >= 0.3 is 0 Å². The van der Waals surface area contributed by atoms with Gasteiger partial charge in [-0.05, 0) is 19.1 Å². The summed E-state index contributed by atoms with van der Waals surface area (Å²) < 4.78 is 5.17. The van der Waals surface area contributed by atoms with Gasteiger partial charge in [-0.2, -0.15) is 0 Å². The molecule has 0 spiro atoms. The molecule has 88 valence electrons. The molecule has 0 aliphatic heterocycles. The molecule has 0 heterocycles. The molecule has 1 aromatic rings. The van der Waals surface area contributed by atoms with E-state index in [0.717, 1.165) is 5.69 Å². The van der Waals surface area contributed by atoms with E-state index >= 15 is 0 Å². The van der Waals surface area contributed by atoms with Gasteiger partial charge in [-0.1, -0.05) is 6.07 Å². The number of anilines is 1. The first kappa shape index (κ1) is 12.5. The van der Waals surface area contributed by atoms with Gasteiger partial charge < -0.3 is 14.7 Å². The number of nitrogens with zero attached hydrogens (tertiary/aromatic N) is 1. The van der Waals surface area contributed by atoms with Crippen LogP contribution in [0.15, 0.2) is 18.2 Å². The summed E-state index contributed by atoms with van der Waals surface area (Å²) in [5.41, 5.74) is 1.34. The lowest BCUT2D eigenvalue weighted by molar-refractivity contribution is 0.101. The van der Waals surface area contributed by atoms with Crippen molar-refractivity contribution in [3.05, 3.63) is 23.8 Å². The molecule has 0 saturated heterocycles. The maximum absolute atomic E-state index is 11.6. The highest BCUT2D eigenvalue weighted by Crippen LogP contribution is 2.28. The fourth-order valence-electron chi connectivity index (χ4n) is 1.63. The second-order valence-corrected chi connectivity index (χ2v) is 3.56. The fraction of sp³-hybridized carbons (Fsp3) is 0.417. The molecule has 1 N–H and O–H groups in total. The highest BCUT2D eigenvalue weighted by molar-refractivity contribution is 6.02. The Hall–Kier alpha value is -1.55. The van der Waals surface area contributed by atoms with Crippen LogP contribution in [-0.2, 0) is 0 Å². The molecule has 0 unspecified atom stereocenters. The Morgan fingerprint density at radius 3 is 2.69 bits per heavy atom. The van der Waals surface area contributed by atoms with Crippen molar-refractivity contribution in [2.45, 2.75) is 6.92 Å². The number of hydrogen-bond acceptors (Lipinski definition) is 4. The molecule has 4 nitrogen and oxygen atoms in total. The standard InChI is InChI=1S/C12H17NO3/c1-9(15)12-10(13(2)7-8-14)5-4-6-11(12)16-3/h4-6,14H,7-8H2,1-3H3. The van der Waals surface area contributed by atoms with Gasteiger partial charge in [0.25, 0.3) is 0 Å². The Morgan fingerprint density at radius 1 is 1.50 bits per heavy atom. The first-order valence-electron chi connectivity index (χ1n) is 5.11. The van der Waals surface area contributed by atoms with E-state index in [0.29, 0.717) is 17.9 Å². The number of carbonyl (C=O) groups is 1. The average molecular weight is 223 g/mol. The van der Waals surface area contributed by atoms with Crippen LogP contribution >= 0.6 is 0 Å². The molecule has 0 amide bonds. The second kappa shape index (κ2) is 5.51. The van der Waals surface area contributed by atoms with Gasteiger partial charge in [0.1, 0.15) is 5.75 Å². The van der Waals surface area contributed by atoms with E-state index in [1.807, 2.05) is 24.1 Å². The minimum atomic E-state index is -0.0442. The van der Waals surface area contributed by atoms with Crippen molar-refractivity contribution < 1.29 is 14.6 Å². The monoisotopic (exact) mass is 223 g/mol. The van der Waals surface area contributed by atoms with Crippen LogP contribution in [0.4, 0.5) is 5.69 Å². The quantitative estimate of drug-likeness (QED) is 0.765. The van der Waals surface area contributed by atoms with E-state index in [1.165, 1.54) is 14.0 Å². The third-order valence-electron chi connectivity index (χ3n) is 2.42. The van der Waals surface area contributed by atoms with Crippen LogP contribution in [0.5, 0.6) is 5.75 Å². The van der Waals surface area contributed by atoms with Gasteiger partial charge in [-0.25, -0.2) is 0 Å². The Morgan fingerprint density at radius 2 is 2.19 bits per heavy atom. The molecular weight excluding hydrogens is 206 g/mol. The van der Waals surface area contributed by atoms with Gasteiger partial charge in [0.05, 0.1) is 25.0 Å². The molecule has 4 heteroatoms. The topological polar surface area (TPSA) is 49.8 Å².